The van der Waals surface area contributed by atoms with E-state index < -0.39 is 5.97 Å². The summed E-state index contributed by atoms with van der Waals surface area (Å²) in [6, 6.07) is 12.1. The van der Waals surface area contributed by atoms with Crippen LogP contribution in [0.1, 0.15) is 41.1 Å². The van der Waals surface area contributed by atoms with E-state index in [1.807, 2.05) is 18.2 Å². The van der Waals surface area contributed by atoms with Crippen molar-refractivity contribution in [2.45, 2.75) is 32.7 Å². The molecule has 1 heterocycles. The van der Waals surface area contributed by atoms with Gasteiger partial charge in [0.25, 0.3) is 0 Å². The molecule has 0 saturated carbocycles. The Morgan fingerprint density at radius 3 is 2.43 bits per heavy atom. The third kappa shape index (κ3) is 3.99. The van der Waals surface area contributed by atoms with E-state index in [1.165, 1.54) is 11.1 Å². The van der Waals surface area contributed by atoms with E-state index in [-0.39, 0.29) is 12.0 Å². The van der Waals surface area contributed by atoms with Crippen molar-refractivity contribution in [3.05, 3.63) is 58.7 Å². The van der Waals surface area contributed by atoms with Crippen molar-refractivity contribution in [1.82, 2.24) is 4.90 Å². The third-order valence-electron chi connectivity index (χ3n) is 5.64. The minimum Gasteiger partial charge on any atom is -0.496 e. The van der Waals surface area contributed by atoms with Gasteiger partial charge in [0.05, 0.1) is 31.7 Å². The Morgan fingerprint density at radius 2 is 1.82 bits per heavy atom. The van der Waals surface area contributed by atoms with E-state index in [1.54, 1.807) is 14.2 Å². The topological polar surface area (TPSA) is 59.0 Å². The first-order valence-electron chi connectivity index (χ1n) is 9.71. The van der Waals surface area contributed by atoms with E-state index in [0.717, 1.165) is 35.6 Å². The monoisotopic (exact) mass is 383 g/mol. The van der Waals surface area contributed by atoms with Gasteiger partial charge in [-0.25, -0.2) is 0 Å². The van der Waals surface area contributed by atoms with Crippen molar-refractivity contribution in [2.75, 3.05) is 27.3 Å². The molecule has 5 heteroatoms. The minimum absolute atomic E-state index is 0.131. The molecule has 2 aromatic carbocycles. The number of aliphatic carboxylic acids is 1. The van der Waals surface area contributed by atoms with Crippen LogP contribution in [-0.4, -0.2) is 43.3 Å². The zero-order valence-electron chi connectivity index (χ0n) is 17.1. The number of aryl methyl sites for hydroxylation is 2. The Morgan fingerprint density at radius 1 is 1.14 bits per heavy atom. The first-order valence-corrected chi connectivity index (χ1v) is 9.71. The SMILES string of the molecule is COc1cccc(OC)c1C(c1cc(C)ccc1C)N1CCCC(C(=O)O)C1. The number of carbonyl (C=O) groups is 1. The number of carboxylic acids is 1. The Balaban J connectivity index is 2.19. The first-order chi connectivity index (χ1) is 13.5. The number of carboxylic acid groups (broad SMARTS) is 1. The van der Waals surface area contributed by atoms with Crippen molar-refractivity contribution in [3.63, 3.8) is 0 Å². The summed E-state index contributed by atoms with van der Waals surface area (Å²) >= 11 is 0. The molecule has 0 aromatic heterocycles. The quantitative estimate of drug-likeness (QED) is 0.810. The standard InChI is InChI=1S/C23H29NO4/c1-15-10-11-16(2)18(13-15)22(24-12-6-7-17(14-24)23(25)26)21-19(27-3)8-5-9-20(21)28-4/h5,8-11,13,17,22H,6-7,12,14H2,1-4H3,(H,25,26). The summed E-state index contributed by atoms with van der Waals surface area (Å²) < 4.78 is 11.4. The Hall–Kier alpha value is -2.53. The van der Waals surface area contributed by atoms with E-state index in [9.17, 15) is 9.90 Å². The Labute approximate surface area is 166 Å². The number of rotatable bonds is 6. The molecule has 5 nitrogen and oxygen atoms in total. The molecule has 150 valence electrons. The molecule has 0 spiro atoms. The summed E-state index contributed by atoms with van der Waals surface area (Å²) in [6.45, 7) is 5.52. The summed E-state index contributed by atoms with van der Waals surface area (Å²) in [5.74, 6) is 0.420. The Bertz CT molecular complexity index is 826. The fourth-order valence-corrected chi connectivity index (χ4v) is 4.18. The number of ether oxygens (including phenoxy) is 2. The minimum atomic E-state index is -0.726. The lowest BCUT2D eigenvalue weighted by atomic mass is 9.88. The van der Waals surface area contributed by atoms with Crippen LogP contribution in [0.5, 0.6) is 11.5 Å². The maximum Gasteiger partial charge on any atom is 0.307 e. The highest BCUT2D eigenvalue weighted by Crippen LogP contribution is 2.43. The molecule has 1 aliphatic rings. The molecule has 1 saturated heterocycles. The van der Waals surface area contributed by atoms with Crippen LogP contribution in [0.25, 0.3) is 0 Å². The van der Waals surface area contributed by atoms with Crippen molar-refractivity contribution in [3.8, 4) is 11.5 Å². The van der Waals surface area contributed by atoms with E-state index in [0.29, 0.717) is 13.0 Å². The molecule has 1 N–H and O–H groups in total. The lowest BCUT2D eigenvalue weighted by Crippen LogP contribution is -2.41. The Kier molecular flexibility index (Phi) is 6.25. The lowest BCUT2D eigenvalue weighted by Gasteiger charge is -2.39. The van der Waals surface area contributed by atoms with Crippen LogP contribution in [0.3, 0.4) is 0 Å². The van der Waals surface area contributed by atoms with Gasteiger partial charge in [0.1, 0.15) is 11.5 Å². The summed E-state index contributed by atoms with van der Waals surface area (Å²) in [7, 11) is 3.32. The van der Waals surface area contributed by atoms with Crippen LogP contribution >= 0.6 is 0 Å². The third-order valence-corrected chi connectivity index (χ3v) is 5.64. The fourth-order valence-electron chi connectivity index (χ4n) is 4.18. The second kappa shape index (κ2) is 8.65. The van der Waals surface area contributed by atoms with Crippen molar-refractivity contribution < 1.29 is 19.4 Å². The second-order valence-electron chi connectivity index (χ2n) is 7.51. The van der Waals surface area contributed by atoms with Crippen molar-refractivity contribution in [2.24, 2.45) is 5.92 Å². The highest BCUT2D eigenvalue weighted by Gasteiger charge is 2.34. The molecule has 2 atom stereocenters. The van der Waals surface area contributed by atoms with Crippen molar-refractivity contribution in [1.29, 1.82) is 0 Å². The van der Waals surface area contributed by atoms with Crippen LogP contribution in [0.15, 0.2) is 36.4 Å². The number of nitrogens with zero attached hydrogens (tertiary/aromatic N) is 1. The predicted octanol–water partition coefficient (Wildman–Crippen LogP) is 4.21. The maximum atomic E-state index is 11.7. The normalized spacial score (nSPS) is 18.5. The highest BCUT2D eigenvalue weighted by molar-refractivity contribution is 5.70. The zero-order valence-corrected chi connectivity index (χ0v) is 17.1. The highest BCUT2D eigenvalue weighted by atomic mass is 16.5. The summed E-state index contributed by atoms with van der Waals surface area (Å²) in [6.07, 6.45) is 1.57. The molecule has 2 aromatic rings. The molecule has 0 aliphatic carbocycles. The molecule has 1 fully saturated rings. The van der Waals surface area contributed by atoms with Gasteiger partial charge in [-0.15, -0.1) is 0 Å². The molecule has 3 rings (SSSR count). The van der Waals surface area contributed by atoms with Crippen LogP contribution in [0.4, 0.5) is 0 Å². The molecule has 0 radical (unpaired) electrons. The summed E-state index contributed by atoms with van der Waals surface area (Å²) in [4.78, 5) is 14.0. The predicted molar refractivity (Wildman–Crippen MR) is 109 cm³/mol. The average Bonchev–Trinajstić information content (AvgIpc) is 2.71. The van der Waals surface area contributed by atoms with Crippen LogP contribution in [0.2, 0.25) is 0 Å². The molecule has 1 aliphatic heterocycles. The smallest absolute Gasteiger partial charge is 0.307 e. The number of piperidine rings is 1. The van der Waals surface area contributed by atoms with Crippen molar-refractivity contribution >= 4 is 5.97 Å². The molecular weight excluding hydrogens is 354 g/mol. The van der Waals surface area contributed by atoms with Gasteiger partial charge in [-0.1, -0.05) is 29.8 Å². The van der Waals surface area contributed by atoms with Crippen LogP contribution < -0.4 is 9.47 Å². The second-order valence-corrected chi connectivity index (χ2v) is 7.51. The van der Waals surface area contributed by atoms with Gasteiger partial charge in [-0.2, -0.15) is 0 Å². The molecular formula is C23H29NO4. The average molecular weight is 383 g/mol. The van der Waals surface area contributed by atoms with E-state index >= 15 is 0 Å². The number of benzene rings is 2. The van der Waals surface area contributed by atoms with Gasteiger partial charge in [0.2, 0.25) is 0 Å². The first kappa shape index (κ1) is 20.2. The lowest BCUT2D eigenvalue weighted by molar-refractivity contribution is -0.143. The van der Waals surface area contributed by atoms with Gasteiger partial charge < -0.3 is 14.6 Å². The zero-order chi connectivity index (χ0) is 20.3. The maximum absolute atomic E-state index is 11.7. The molecule has 0 bridgehead atoms. The fraction of sp³-hybridized carbons (Fsp3) is 0.435. The van der Waals surface area contributed by atoms with E-state index in [4.69, 9.17) is 9.47 Å². The van der Waals surface area contributed by atoms with E-state index in [2.05, 4.69) is 36.9 Å². The van der Waals surface area contributed by atoms with Gasteiger partial charge >= 0.3 is 5.97 Å². The molecule has 0 amide bonds. The summed E-state index contributed by atoms with van der Waals surface area (Å²) in [5.41, 5.74) is 4.45. The molecule has 28 heavy (non-hydrogen) atoms. The van der Waals surface area contributed by atoms with Gasteiger partial charge in [0.15, 0.2) is 0 Å². The van der Waals surface area contributed by atoms with Crippen LogP contribution in [0, 0.1) is 19.8 Å². The largest absolute Gasteiger partial charge is 0.496 e. The van der Waals surface area contributed by atoms with Gasteiger partial charge in [-0.3, -0.25) is 9.69 Å². The number of methoxy groups -OCH3 is 2. The van der Waals surface area contributed by atoms with Gasteiger partial charge in [-0.05, 0) is 56.5 Å². The summed E-state index contributed by atoms with van der Waals surface area (Å²) in [5, 5.41) is 9.60. The number of hydrogen-bond donors (Lipinski definition) is 1. The van der Waals surface area contributed by atoms with Crippen LogP contribution in [-0.2, 0) is 4.79 Å². The molecule has 2 unspecified atom stereocenters. The van der Waals surface area contributed by atoms with Gasteiger partial charge in [0, 0.05) is 6.54 Å². The number of likely N-dealkylation sites (tertiary alicyclic amines) is 1. The number of hydrogen-bond acceptors (Lipinski definition) is 4.